The quantitative estimate of drug-likeness (QED) is 0.570. The SMILES string of the molecule is CC(=O)OC/C=C1\CC[C@@H]2[C@@H]3CCC4=CC(=O)[C@H](C)C[C@]4(C)[C@@H]3[C@H](O)C[C@]12C. The normalized spacial score (nSPS) is 46.5. The minimum atomic E-state index is -0.351. The number of hydrogen-bond donors (Lipinski definition) is 1. The summed E-state index contributed by atoms with van der Waals surface area (Å²) in [5, 5.41) is 11.4. The largest absolute Gasteiger partial charge is 0.462 e. The number of ketones is 1. The van der Waals surface area contributed by atoms with Crippen molar-refractivity contribution >= 4 is 11.8 Å². The maximum absolute atomic E-state index is 12.3. The molecule has 0 aliphatic heterocycles. The third-order valence-corrected chi connectivity index (χ3v) is 8.67. The predicted molar refractivity (Wildman–Crippen MR) is 107 cm³/mol. The van der Waals surface area contributed by atoms with Gasteiger partial charge in [-0.15, -0.1) is 0 Å². The summed E-state index contributed by atoms with van der Waals surface area (Å²) >= 11 is 0. The van der Waals surface area contributed by atoms with Crippen LogP contribution in [0.15, 0.2) is 23.3 Å². The maximum Gasteiger partial charge on any atom is 0.302 e. The molecule has 0 saturated heterocycles. The lowest BCUT2D eigenvalue weighted by molar-refractivity contribution is -0.139. The van der Waals surface area contributed by atoms with Crippen LogP contribution < -0.4 is 0 Å². The van der Waals surface area contributed by atoms with E-state index < -0.39 is 0 Å². The summed E-state index contributed by atoms with van der Waals surface area (Å²) in [6.45, 7) is 8.42. The van der Waals surface area contributed by atoms with Crippen molar-refractivity contribution in [2.24, 2.45) is 34.5 Å². The third-order valence-electron chi connectivity index (χ3n) is 8.67. The first kappa shape index (κ1) is 19.9. The van der Waals surface area contributed by atoms with Gasteiger partial charge in [-0.2, -0.15) is 0 Å². The summed E-state index contributed by atoms with van der Waals surface area (Å²) in [4.78, 5) is 23.4. The molecule has 7 atom stereocenters. The molecule has 3 fully saturated rings. The van der Waals surface area contributed by atoms with Crippen LogP contribution in [0.1, 0.15) is 66.2 Å². The van der Waals surface area contributed by atoms with Gasteiger partial charge in [-0.05, 0) is 79.3 Å². The van der Waals surface area contributed by atoms with E-state index in [1.54, 1.807) is 0 Å². The van der Waals surface area contributed by atoms with Gasteiger partial charge in [0, 0.05) is 12.8 Å². The van der Waals surface area contributed by atoms with Crippen LogP contribution in [-0.4, -0.2) is 29.6 Å². The molecule has 0 unspecified atom stereocenters. The van der Waals surface area contributed by atoms with E-state index in [2.05, 4.69) is 19.9 Å². The zero-order valence-corrected chi connectivity index (χ0v) is 17.7. The summed E-state index contributed by atoms with van der Waals surface area (Å²) < 4.78 is 5.15. The smallest absolute Gasteiger partial charge is 0.302 e. The molecule has 28 heavy (non-hydrogen) atoms. The van der Waals surface area contributed by atoms with E-state index in [0.717, 1.165) is 38.5 Å². The Morgan fingerprint density at radius 1 is 1.25 bits per heavy atom. The van der Waals surface area contributed by atoms with Gasteiger partial charge in [0.1, 0.15) is 6.61 Å². The minimum absolute atomic E-state index is 0.00554. The lowest BCUT2D eigenvalue weighted by atomic mass is 9.46. The van der Waals surface area contributed by atoms with E-state index in [9.17, 15) is 14.7 Å². The summed E-state index contributed by atoms with van der Waals surface area (Å²) in [6, 6.07) is 0. The third kappa shape index (κ3) is 2.91. The molecule has 4 rings (SSSR count). The fourth-order valence-corrected chi connectivity index (χ4v) is 7.47. The van der Waals surface area contributed by atoms with Crippen molar-refractivity contribution in [3.63, 3.8) is 0 Å². The first-order valence-corrected chi connectivity index (χ1v) is 10.9. The number of rotatable bonds is 2. The molecule has 0 bridgehead atoms. The molecule has 1 N–H and O–H groups in total. The van der Waals surface area contributed by atoms with Crippen molar-refractivity contribution in [1.82, 2.24) is 0 Å². The number of allylic oxidation sites excluding steroid dienone is 2. The van der Waals surface area contributed by atoms with Gasteiger partial charge in [0.05, 0.1) is 6.10 Å². The first-order chi connectivity index (χ1) is 13.2. The van der Waals surface area contributed by atoms with Gasteiger partial charge < -0.3 is 9.84 Å². The summed E-state index contributed by atoms with van der Waals surface area (Å²) in [5.74, 6) is 1.37. The topological polar surface area (TPSA) is 63.6 Å². The summed E-state index contributed by atoms with van der Waals surface area (Å²) in [7, 11) is 0. The number of aliphatic hydroxyl groups excluding tert-OH is 1. The Morgan fingerprint density at radius 2 is 2.00 bits per heavy atom. The Hall–Kier alpha value is -1.42. The molecule has 4 heteroatoms. The van der Waals surface area contributed by atoms with E-state index in [-0.39, 0.29) is 40.5 Å². The van der Waals surface area contributed by atoms with Crippen LogP contribution in [0.3, 0.4) is 0 Å². The van der Waals surface area contributed by atoms with Gasteiger partial charge in [-0.25, -0.2) is 0 Å². The van der Waals surface area contributed by atoms with Crippen LogP contribution in [0.2, 0.25) is 0 Å². The average molecular weight is 387 g/mol. The Balaban J connectivity index is 1.64. The molecule has 0 spiro atoms. The molecular formula is C24H34O4. The van der Waals surface area contributed by atoms with Gasteiger partial charge in [-0.3, -0.25) is 9.59 Å². The Morgan fingerprint density at radius 3 is 2.71 bits per heavy atom. The number of ether oxygens (including phenoxy) is 1. The second-order valence-electron chi connectivity index (χ2n) is 10.2. The highest BCUT2D eigenvalue weighted by atomic mass is 16.5. The van der Waals surface area contributed by atoms with Gasteiger partial charge in [0.25, 0.3) is 0 Å². The lowest BCUT2D eigenvalue weighted by Crippen LogP contribution is -2.56. The van der Waals surface area contributed by atoms with E-state index in [1.165, 1.54) is 18.1 Å². The van der Waals surface area contributed by atoms with Gasteiger partial charge in [-0.1, -0.05) is 31.9 Å². The van der Waals surface area contributed by atoms with Crippen LogP contribution in [0.25, 0.3) is 0 Å². The highest BCUT2D eigenvalue weighted by molar-refractivity contribution is 5.93. The molecule has 0 radical (unpaired) electrons. The predicted octanol–water partition coefficient (Wildman–Crippen LogP) is 4.22. The highest BCUT2D eigenvalue weighted by Gasteiger charge is 2.61. The average Bonchev–Trinajstić information content (AvgIpc) is 2.92. The number of carbonyl (C=O) groups is 2. The zero-order valence-electron chi connectivity index (χ0n) is 17.7. The number of esters is 1. The van der Waals surface area contributed by atoms with Gasteiger partial charge in [0.15, 0.2) is 5.78 Å². The number of hydrogen-bond acceptors (Lipinski definition) is 4. The lowest BCUT2D eigenvalue weighted by Gasteiger charge is -2.59. The highest BCUT2D eigenvalue weighted by Crippen LogP contribution is 2.66. The molecule has 0 heterocycles. The summed E-state index contributed by atoms with van der Waals surface area (Å²) in [6.07, 6.45) is 9.53. The number of fused-ring (bicyclic) bond motifs is 5. The molecule has 4 nitrogen and oxygen atoms in total. The van der Waals surface area contributed by atoms with Crippen molar-refractivity contribution in [2.75, 3.05) is 6.61 Å². The van der Waals surface area contributed by atoms with Crippen molar-refractivity contribution in [3.8, 4) is 0 Å². The Bertz CT molecular complexity index is 750. The van der Waals surface area contributed by atoms with Gasteiger partial charge >= 0.3 is 5.97 Å². The monoisotopic (exact) mass is 386 g/mol. The maximum atomic E-state index is 12.3. The standard InChI is InChI=1S/C24H34O4/c1-14-12-24(4)17(11-20(14)26)5-7-18-19-8-6-16(9-10-28-15(2)25)23(19,3)13-21(27)22(18)24/h9,11,14,18-19,21-22,27H,5-8,10,12-13H2,1-4H3/b16-9+/t14-,18+,19-,21-,22+,23-,24+/m1/s1. The van der Waals surface area contributed by atoms with Crippen molar-refractivity contribution in [3.05, 3.63) is 23.3 Å². The molecule has 0 aromatic rings. The van der Waals surface area contributed by atoms with Crippen molar-refractivity contribution in [1.29, 1.82) is 0 Å². The van der Waals surface area contributed by atoms with Gasteiger partial charge in [0.2, 0.25) is 0 Å². The molecular weight excluding hydrogens is 352 g/mol. The number of aliphatic hydroxyl groups is 1. The van der Waals surface area contributed by atoms with Crippen LogP contribution in [0.4, 0.5) is 0 Å². The van der Waals surface area contributed by atoms with Crippen LogP contribution in [-0.2, 0) is 14.3 Å². The zero-order chi connectivity index (χ0) is 20.3. The van der Waals surface area contributed by atoms with Crippen molar-refractivity contribution in [2.45, 2.75) is 72.3 Å². The molecule has 0 aromatic carbocycles. The van der Waals surface area contributed by atoms with E-state index >= 15 is 0 Å². The molecule has 0 amide bonds. The van der Waals surface area contributed by atoms with Crippen molar-refractivity contribution < 1.29 is 19.4 Å². The Kier molecular flexibility index (Phi) is 4.85. The van der Waals surface area contributed by atoms with Crippen LogP contribution in [0, 0.1) is 34.5 Å². The van der Waals surface area contributed by atoms with Crippen LogP contribution in [0.5, 0.6) is 0 Å². The second kappa shape index (κ2) is 6.83. The fourth-order valence-electron chi connectivity index (χ4n) is 7.47. The summed E-state index contributed by atoms with van der Waals surface area (Å²) in [5.41, 5.74) is 2.58. The molecule has 0 aromatic heterocycles. The second-order valence-corrected chi connectivity index (χ2v) is 10.2. The fraction of sp³-hybridized carbons (Fsp3) is 0.750. The molecule has 4 aliphatic carbocycles. The molecule has 154 valence electrons. The van der Waals surface area contributed by atoms with E-state index in [0.29, 0.717) is 18.4 Å². The number of carbonyl (C=O) groups excluding carboxylic acids is 2. The van der Waals surface area contributed by atoms with Crippen LogP contribution >= 0.6 is 0 Å². The minimum Gasteiger partial charge on any atom is -0.462 e. The Labute approximate surface area is 168 Å². The molecule has 4 aliphatic rings. The first-order valence-electron chi connectivity index (χ1n) is 10.9. The van der Waals surface area contributed by atoms with E-state index in [1.807, 2.05) is 13.0 Å². The molecule has 3 saturated carbocycles. The van der Waals surface area contributed by atoms with E-state index in [4.69, 9.17) is 4.74 Å².